The highest BCUT2D eigenvalue weighted by molar-refractivity contribution is 7.90. The number of hydrogen-bond acceptors (Lipinski definition) is 8. The highest BCUT2D eigenvalue weighted by atomic mass is 35.5. The van der Waals surface area contributed by atoms with Gasteiger partial charge in [-0.3, -0.25) is 4.98 Å². The van der Waals surface area contributed by atoms with Gasteiger partial charge in [-0.15, -0.1) is 5.10 Å². The molecule has 2 aliphatic rings. The molecule has 0 atom stereocenters. The summed E-state index contributed by atoms with van der Waals surface area (Å²) in [5, 5.41) is 5.34. The zero-order valence-electron chi connectivity index (χ0n) is 20.0. The van der Waals surface area contributed by atoms with Crippen molar-refractivity contribution in [2.24, 2.45) is 0 Å². The molecule has 0 N–H and O–H groups in total. The Morgan fingerprint density at radius 2 is 1.76 bits per heavy atom. The topological polar surface area (TPSA) is 97.1 Å². The molecule has 6 rings (SSSR count). The fourth-order valence-electron chi connectivity index (χ4n) is 4.87. The molecule has 0 amide bonds. The normalized spacial score (nSPS) is 17.4. The van der Waals surface area contributed by atoms with Gasteiger partial charge >= 0.3 is 0 Å². The van der Waals surface area contributed by atoms with E-state index in [1.807, 2.05) is 4.90 Å². The predicted molar refractivity (Wildman–Crippen MR) is 135 cm³/mol. The summed E-state index contributed by atoms with van der Waals surface area (Å²) in [5.41, 5.74) is -0.622. The summed E-state index contributed by atoms with van der Waals surface area (Å²) in [6, 6.07) is 6.96. The van der Waals surface area contributed by atoms with Gasteiger partial charge in [0.25, 0.3) is 15.9 Å². The van der Waals surface area contributed by atoms with Crippen molar-refractivity contribution in [2.45, 2.75) is 36.1 Å². The molecule has 1 aliphatic heterocycles. The van der Waals surface area contributed by atoms with Crippen molar-refractivity contribution in [3.05, 3.63) is 65.5 Å². The number of pyridine rings is 1. The van der Waals surface area contributed by atoms with Crippen LogP contribution in [0.5, 0.6) is 0 Å². The Labute approximate surface area is 220 Å². The average molecular weight is 564 g/mol. The maximum atomic E-state index is 13.6. The summed E-state index contributed by atoms with van der Waals surface area (Å²) >= 11 is 6.58. The van der Waals surface area contributed by atoms with E-state index in [0.717, 1.165) is 47.7 Å². The maximum Gasteiger partial charge on any atom is 0.286 e. The van der Waals surface area contributed by atoms with Crippen LogP contribution in [0.2, 0.25) is 5.02 Å². The third-order valence-electron chi connectivity index (χ3n) is 6.94. The first kappa shape index (κ1) is 24.9. The Hall–Kier alpha value is -3.45. The zero-order valence-corrected chi connectivity index (χ0v) is 21.6. The highest BCUT2D eigenvalue weighted by Gasteiger charge is 2.53. The molecular weight excluding hydrogens is 543 g/mol. The SMILES string of the molecule is CC(F)(F)c1ccc(S(=O)(=O)n2nc(N3CCN(c4ncc(F)cn4)CC34CC4)c3c(Cl)cccc32)cn1. The van der Waals surface area contributed by atoms with Gasteiger partial charge in [-0.25, -0.2) is 14.4 Å². The molecule has 0 radical (unpaired) electrons. The van der Waals surface area contributed by atoms with Crippen LogP contribution in [0.1, 0.15) is 25.5 Å². The van der Waals surface area contributed by atoms with E-state index in [1.54, 1.807) is 18.2 Å². The summed E-state index contributed by atoms with van der Waals surface area (Å²) in [6.07, 6.45) is 4.80. The lowest BCUT2D eigenvalue weighted by Crippen LogP contribution is -2.56. The Morgan fingerprint density at radius 1 is 1.03 bits per heavy atom. The number of benzene rings is 1. The van der Waals surface area contributed by atoms with E-state index in [2.05, 4.69) is 25.0 Å². The van der Waals surface area contributed by atoms with Gasteiger partial charge in [0.1, 0.15) is 10.6 Å². The number of rotatable bonds is 5. The fourth-order valence-corrected chi connectivity index (χ4v) is 6.34. The monoisotopic (exact) mass is 563 g/mol. The van der Waals surface area contributed by atoms with Crippen LogP contribution in [0, 0.1) is 5.82 Å². The molecule has 198 valence electrons. The van der Waals surface area contributed by atoms with Crippen molar-refractivity contribution in [1.82, 2.24) is 24.1 Å². The predicted octanol–water partition coefficient (Wildman–Crippen LogP) is 4.22. The van der Waals surface area contributed by atoms with Gasteiger partial charge in [0.15, 0.2) is 11.6 Å². The van der Waals surface area contributed by atoms with Crippen LogP contribution in [-0.2, 0) is 15.9 Å². The smallest absolute Gasteiger partial charge is 0.286 e. The summed E-state index contributed by atoms with van der Waals surface area (Å²) in [4.78, 5) is 15.6. The van der Waals surface area contributed by atoms with Crippen molar-refractivity contribution in [3.8, 4) is 0 Å². The molecule has 1 spiro atoms. The number of piperazine rings is 1. The van der Waals surface area contributed by atoms with Crippen molar-refractivity contribution in [2.75, 3.05) is 29.4 Å². The van der Waals surface area contributed by atoms with Crippen molar-refractivity contribution in [3.63, 3.8) is 0 Å². The number of hydrogen-bond donors (Lipinski definition) is 0. The van der Waals surface area contributed by atoms with Gasteiger partial charge in [0, 0.05) is 32.8 Å². The molecule has 0 bridgehead atoms. The van der Waals surface area contributed by atoms with Crippen molar-refractivity contribution < 1.29 is 21.6 Å². The van der Waals surface area contributed by atoms with Crippen LogP contribution in [-0.4, -0.2) is 57.7 Å². The van der Waals surface area contributed by atoms with Gasteiger partial charge in [-0.1, -0.05) is 17.7 Å². The van der Waals surface area contributed by atoms with Crippen LogP contribution in [0.15, 0.2) is 53.8 Å². The minimum atomic E-state index is -4.29. The van der Waals surface area contributed by atoms with Crippen LogP contribution >= 0.6 is 11.6 Å². The van der Waals surface area contributed by atoms with Gasteiger partial charge in [-0.2, -0.15) is 21.3 Å². The molecule has 3 aromatic heterocycles. The molecule has 1 aromatic carbocycles. The Bertz CT molecular complexity index is 1640. The number of halogens is 4. The molecular formula is C24H21ClF3N7O2S. The molecule has 1 saturated heterocycles. The Kier molecular flexibility index (Phi) is 5.58. The first-order valence-electron chi connectivity index (χ1n) is 11.8. The third-order valence-corrected chi connectivity index (χ3v) is 8.83. The van der Waals surface area contributed by atoms with E-state index >= 15 is 0 Å². The lowest BCUT2D eigenvalue weighted by Gasteiger charge is -2.42. The van der Waals surface area contributed by atoms with Crippen LogP contribution in [0.25, 0.3) is 10.9 Å². The highest BCUT2D eigenvalue weighted by Crippen LogP contribution is 2.49. The molecule has 9 nitrogen and oxygen atoms in total. The van der Waals surface area contributed by atoms with E-state index < -0.39 is 27.5 Å². The molecule has 4 heterocycles. The second kappa shape index (κ2) is 8.53. The molecule has 1 saturated carbocycles. The van der Waals surface area contributed by atoms with Gasteiger partial charge in [0.2, 0.25) is 5.95 Å². The van der Waals surface area contributed by atoms with E-state index in [1.165, 1.54) is 0 Å². The van der Waals surface area contributed by atoms with E-state index in [9.17, 15) is 21.6 Å². The number of alkyl halides is 2. The summed E-state index contributed by atoms with van der Waals surface area (Å²) in [7, 11) is -4.29. The van der Waals surface area contributed by atoms with Crippen LogP contribution in [0.3, 0.4) is 0 Å². The molecule has 14 heteroatoms. The van der Waals surface area contributed by atoms with E-state index in [0.29, 0.717) is 48.7 Å². The molecule has 1 aliphatic carbocycles. The van der Waals surface area contributed by atoms with Gasteiger partial charge in [-0.05, 0) is 37.1 Å². The number of fused-ring (bicyclic) bond motifs is 1. The van der Waals surface area contributed by atoms with E-state index in [-0.39, 0.29) is 16.0 Å². The largest absolute Gasteiger partial charge is 0.345 e. The lowest BCUT2D eigenvalue weighted by molar-refractivity contribution is 0.0126. The van der Waals surface area contributed by atoms with Gasteiger partial charge < -0.3 is 9.80 Å². The number of anilines is 2. The maximum absolute atomic E-state index is 13.6. The van der Waals surface area contributed by atoms with Crippen LogP contribution < -0.4 is 9.80 Å². The number of aromatic nitrogens is 5. The van der Waals surface area contributed by atoms with Crippen LogP contribution in [0.4, 0.5) is 24.9 Å². The summed E-state index contributed by atoms with van der Waals surface area (Å²) < 4.78 is 68.7. The van der Waals surface area contributed by atoms with Crippen molar-refractivity contribution in [1.29, 1.82) is 0 Å². The first-order valence-corrected chi connectivity index (χ1v) is 13.6. The Balaban J connectivity index is 1.40. The molecule has 0 unspecified atom stereocenters. The van der Waals surface area contributed by atoms with Gasteiger partial charge in [0.05, 0.1) is 33.9 Å². The molecule has 2 fully saturated rings. The van der Waals surface area contributed by atoms with Crippen molar-refractivity contribution >= 4 is 44.3 Å². The average Bonchev–Trinajstić information content (AvgIpc) is 3.52. The Morgan fingerprint density at radius 3 is 2.39 bits per heavy atom. The lowest BCUT2D eigenvalue weighted by atomic mass is 10.1. The first-order chi connectivity index (χ1) is 18.0. The number of nitrogens with zero attached hydrogens (tertiary/aromatic N) is 7. The minimum absolute atomic E-state index is 0.262. The quantitative estimate of drug-likeness (QED) is 0.356. The fraction of sp³-hybridized carbons (Fsp3) is 0.333. The minimum Gasteiger partial charge on any atom is -0.345 e. The summed E-state index contributed by atoms with van der Waals surface area (Å²) in [5.74, 6) is -2.89. The third kappa shape index (κ3) is 4.04. The van der Waals surface area contributed by atoms with E-state index in [4.69, 9.17) is 11.6 Å². The summed E-state index contributed by atoms with van der Waals surface area (Å²) in [6.45, 7) is 2.20. The molecule has 38 heavy (non-hydrogen) atoms. The molecule has 4 aromatic rings. The standard InChI is InChI=1S/C24H21ClF3N7O2S/c1-23(27,28)19-6-5-16(13-29-19)38(36,37)35-18-4-2-3-17(25)20(18)21(32-35)34-10-9-33(14-24(34)7-8-24)22-30-11-15(26)12-31-22/h2-6,11-13H,7-10,14H2,1H3. The second-order valence-corrected chi connectivity index (χ2v) is 11.7. The second-order valence-electron chi connectivity index (χ2n) is 9.57. The zero-order chi connectivity index (χ0) is 26.9.